The van der Waals surface area contributed by atoms with Gasteiger partial charge in [0.25, 0.3) is 0 Å². The zero-order valence-electron chi connectivity index (χ0n) is 33.5. The standard InChI is InChI=1S/C46H47N9O7/c47-35(20-29-23-49-36-12-6-4-10-33(29)36)42(57)52-38(18-28-14-16-32(56)17-15-28)43(58)53-39(21-30-24-50-37-13-7-5-11-34(30)37)44(59)54-40(22-31-25-48-26-51-31)45(60)55-41(46(61)62)19-27-8-2-1-3-9-27/h1-17,23-26,35,38-41,49-50,56H,18-22,47H2,(H,48,51)(H,52,57)(H,53,58)(H,54,59)(H,55,60)(H,61,62)/t35-,38-,39-,40-,41-/m0/s1. The number of hydrogen-bond acceptors (Lipinski definition) is 8. The number of hydrogen-bond donors (Lipinski definition) is 10. The van der Waals surface area contributed by atoms with E-state index in [2.05, 4.69) is 41.2 Å². The quantitative estimate of drug-likeness (QED) is 0.0574. The third-order valence-corrected chi connectivity index (χ3v) is 10.7. The summed E-state index contributed by atoms with van der Waals surface area (Å²) in [4.78, 5) is 82.4. The third-order valence-electron chi connectivity index (χ3n) is 10.7. The van der Waals surface area contributed by atoms with Crippen LogP contribution < -0.4 is 27.0 Å². The number of imidazole rings is 1. The van der Waals surface area contributed by atoms with Crippen molar-refractivity contribution in [1.82, 2.24) is 41.2 Å². The summed E-state index contributed by atoms with van der Waals surface area (Å²) in [6.07, 6.45) is 6.43. The summed E-state index contributed by atoms with van der Waals surface area (Å²) in [7, 11) is 0. The molecular formula is C46H47N9O7. The highest BCUT2D eigenvalue weighted by Gasteiger charge is 2.33. The number of nitrogens with zero attached hydrogens (tertiary/aromatic N) is 1. The Balaban J connectivity index is 1.15. The molecule has 62 heavy (non-hydrogen) atoms. The Morgan fingerprint density at radius 2 is 1.03 bits per heavy atom. The van der Waals surface area contributed by atoms with E-state index < -0.39 is 59.8 Å². The molecule has 0 aliphatic rings. The minimum Gasteiger partial charge on any atom is -0.508 e. The van der Waals surface area contributed by atoms with Crippen LogP contribution in [0.1, 0.15) is 27.9 Å². The number of carbonyl (C=O) groups is 5. The van der Waals surface area contributed by atoms with Gasteiger partial charge in [0.2, 0.25) is 23.6 Å². The van der Waals surface area contributed by atoms with E-state index in [0.717, 1.165) is 27.4 Å². The van der Waals surface area contributed by atoms with Crippen LogP contribution in [0.15, 0.2) is 128 Å². The van der Waals surface area contributed by atoms with Gasteiger partial charge in [0.05, 0.1) is 12.4 Å². The number of carboxylic acid groups (broad SMARTS) is 1. The van der Waals surface area contributed by atoms with Crippen molar-refractivity contribution in [2.75, 3.05) is 0 Å². The second kappa shape index (κ2) is 19.6. The van der Waals surface area contributed by atoms with Gasteiger partial charge in [-0.15, -0.1) is 0 Å². The number of carbonyl (C=O) groups excluding carboxylic acids is 4. The van der Waals surface area contributed by atoms with E-state index in [4.69, 9.17) is 5.73 Å². The topological polar surface area (TPSA) is 260 Å². The van der Waals surface area contributed by atoms with Gasteiger partial charge >= 0.3 is 5.97 Å². The molecule has 0 fully saturated rings. The third kappa shape index (κ3) is 10.7. The molecule has 7 aromatic rings. The Bertz CT molecular complexity index is 2640. The smallest absolute Gasteiger partial charge is 0.326 e. The summed E-state index contributed by atoms with van der Waals surface area (Å²) in [5, 5.41) is 32.7. The molecule has 4 aromatic carbocycles. The molecule has 16 nitrogen and oxygen atoms in total. The van der Waals surface area contributed by atoms with Crippen LogP contribution in [0.5, 0.6) is 5.75 Å². The number of nitrogens with two attached hydrogens (primary N) is 1. The second-order valence-electron chi connectivity index (χ2n) is 15.2. The number of aromatic hydroxyl groups is 1. The van der Waals surface area contributed by atoms with Gasteiger partial charge in [-0.2, -0.15) is 0 Å². The zero-order chi connectivity index (χ0) is 43.6. The fraction of sp³-hybridized carbons (Fsp3) is 0.217. The number of nitrogens with one attached hydrogen (secondary N) is 7. The molecule has 0 radical (unpaired) electrons. The Kier molecular flexibility index (Phi) is 13.4. The number of carboxylic acids is 1. The molecule has 7 rings (SSSR count). The molecule has 3 aromatic heterocycles. The van der Waals surface area contributed by atoms with Crippen LogP contribution in [0.2, 0.25) is 0 Å². The Hall–Kier alpha value is -7.72. The van der Waals surface area contributed by atoms with Crippen molar-refractivity contribution in [3.05, 3.63) is 156 Å². The first-order valence-electron chi connectivity index (χ1n) is 20.1. The molecule has 0 aliphatic carbocycles. The number of amides is 4. The lowest BCUT2D eigenvalue weighted by Crippen LogP contribution is -2.59. The molecule has 0 unspecified atom stereocenters. The molecule has 0 saturated heterocycles. The molecule has 11 N–H and O–H groups in total. The number of aromatic nitrogens is 4. The van der Waals surface area contributed by atoms with E-state index in [1.807, 2.05) is 48.5 Å². The predicted molar refractivity (Wildman–Crippen MR) is 232 cm³/mol. The first-order chi connectivity index (χ1) is 30.0. The van der Waals surface area contributed by atoms with Gasteiger partial charge < -0.3 is 52.2 Å². The number of phenolic OH excluding ortho intramolecular Hbond substituents is 1. The number of aliphatic carboxylic acids is 1. The highest BCUT2D eigenvalue weighted by Crippen LogP contribution is 2.21. The summed E-state index contributed by atoms with van der Waals surface area (Å²) < 4.78 is 0. The number of fused-ring (bicyclic) bond motifs is 2. The summed E-state index contributed by atoms with van der Waals surface area (Å²) in [5.41, 5.74) is 11.4. The van der Waals surface area contributed by atoms with E-state index in [1.165, 1.54) is 24.7 Å². The van der Waals surface area contributed by atoms with Crippen molar-refractivity contribution in [2.45, 2.75) is 62.3 Å². The minimum atomic E-state index is -1.32. The Morgan fingerprint density at radius 1 is 0.548 bits per heavy atom. The average molecular weight is 838 g/mol. The summed E-state index contributed by atoms with van der Waals surface area (Å²) >= 11 is 0. The van der Waals surface area contributed by atoms with Crippen molar-refractivity contribution in [2.24, 2.45) is 5.73 Å². The van der Waals surface area contributed by atoms with E-state index in [1.54, 1.807) is 54.9 Å². The lowest BCUT2D eigenvalue weighted by Gasteiger charge is -2.26. The molecule has 0 saturated carbocycles. The number of rotatable bonds is 19. The molecule has 0 spiro atoms. The minimum absolute atomic E-state index is 0.00847. The van der Waals surface area contributed by atoms with Crippen LogP contribution in [0.3, 0.4) is 0 Å². The van der Waals surface area contributed by atoms with Crippen LogP contribution in [-0.2, 0) is 56.1 Å². The number of para-hydroxylation sites is 2. The van der Waals surface area contributed by atoms with Gasteiger partial charge in [0.15, 0.2) is 0 Å². The normalized spacial score (nSPS) is 13.7. The SMILES string of the molecule is N[C@@H](Cc1c[nH]c2ccccc12)C(=O)N[C@@H](Cc1ccc(O)cc1)C(=O)N[C@@H](Cc1c[nH]c2ccccc12)C(=O)N[C@@H](Cc1cnc[nH]1)C(=O)N[C@@H](Cc1ccccc1)C(=O)O. The summed E-state index contributed by atoms with van der Waals surface area (Å²) in [5.74, 6) is -4.08. The van der Waals surface area contributed by atoms with Gasteiger partial charge in [0, 0.05) is 71.8 Å². The van der Waals surface area contributed by atoms with Crippen molar-refractivity contribution < 1.29 is 34.2 Å². The molecule has 318 valence electrons. The maximum absolute atomic E-state index is 14.5. The maximum Gasteiger partial charge on any atom is 0.326 e. The second-order valence-corrected chi connectivity index (χ2v) is 15.2. The Labute approximate surface area is 355 Å². The van der Waals surface area contributed by atoms with Gasteiger partial charge in [-0.3, -0.25) is 19.2 Å². The first-order valence-corrected chi connectivity index (χ1v) is 20.1. The van der Waals surface area contributed by atoms with Gasteiger partial charge in [-0.1, -0.05) is 78.9 Å². The molecular weight excluding hydrogens is 791 g/mol. The van der Waals surface area contributed by atoms with Crippen molar-refractivity contribution >= 4 is 51.4 Å². The van der Waals surface area contributed by atoms with Crippen molar-refractivity contribution in [3.8, 4) is 5.75 Å². The van der Waals surface area contributed by atoms with Crippen molar-refractivity contribution in [1.29, 1.82) is 0 Å². The highest BCUT2D eigenvalue weighted by molar-refractivity contribution is 5.96. The molecule has 3 heterocycles. The summed E-state index contributed by atoms with van der Waals surface area (Å²) in [6.45, 7) is 0. The largest absolute Gasteiger partial charge is 0.508 e. The molecule has 4 amide bonds. The molecule has 16 heteroatoms. The van der Waals surface area contributed by atoms with Crippen LogP contribution in [-0.4, -0.2) is 90.0 Å². The van der Waals surface area contributed by atoms with Gasteiger partial charge in [-0.05, 0) is 52.9 Å². The number of H-pyrrole nitrogens is 3. The number of aromatic amines is 3. The molecule has 0 aliphatic heterocycles. The Morgan fingerprint density at radius 3 is 1.61 bits per heavy atom. The fourth-order valence-corrected chi connectivity index (χ4v) is 7.41. The van der Waals surface area contributed by atoms with E-state index in [0.29, 0.717) is 22.4 Å². The number of benzene rings is 4. The zero-order valence-corrected chi connectivity index (χ0v) is 33.5. The average Bonchev–Trinajstić information content (AvgIpc) is 4.05. The first kappa shape index (κ1) is 42.4. The summed E-state index contributed by atoms with van der Waals surface area (Å²) in [6, 6.07) is 23.8. The van der Waals surface area contributed by atoms with Gasteiger partial charge in [0.1, 0.15) is 29.9 Å². The maximum atomic E-state index is 14.5. The fourth-order valence-electron chi connectivity index (χ4n) is 7.41. The number of phenols is 1. The van der Waals surface area contributed by atoms with Gasteiger partial charge in [-0.25, -0.2) is 9.78 Å². The lowest BCUT2D eigenvalue weighted by atomic mass is 10.00. The van der Waals surface area contributed by atoms with Crippen LogP contribution in [0, 0.1) is 0 Å². The van der Waals surface area contributed by atoms with Crippen LogP contribution in [0.4, 0.5) is 0 Å². The van der Waals surface area contributed by atoms with E-state index >= 15 is 0 Å². The van der Waals surface area contributed by atoms with Crippen LogP contribution in [0.25, 0.3) is 21.8 Å². The molecule has 0 bridgehead atoms. The highest BCUT2D eigenvalue weighted by atomic mass is 16.4. The van der Waals surface area contributed by atoms with Crippen molar-refractivity contribution in [3.63, 3.8) is 0 Å². The van der Waals surface area contributed by atoms with E-state index in [-0.39, 0.29) is 37.9 Å². The predicted octanol–water partition coefficient (Wildman–Crippen LogP) is 2.94. The monoisotopic (exact) mass is 837 g/mol. The van der Waals surface area contributed by atoms with E-state index in [9.17, 15) is 34.2 Å². The van der Waals surface area contributed by atoms with Crippen LogP contribution >= 0.6 is 0 Å². The lowest BCUT2D eigenvalue weighted by molar-refractivity contribution is -0.142. The molecule has 5 atom stereocenters.